The number of nitrogen functional groups attached to an aromatic ring is 1. The smallest absolute Gasteiger partial charge is 0.313 e. The Bertz CT molecular complexity index is 1440. The molecule has 0 fully saturated rings. The highest BCUT2D eigenvalue weighted by molar-refractivity contribution is 6.39. The Hall–Kier alpha value is -4.38. The molecule has 0 aliphatic carbocycles. The standard InChI is InChI=1S/C24H21FN6O4/c1-13(21-17(25)3-2-6-27-21)31(9-14-4-5-18-20(7-14)35-12-29-18)24(33)23(32)30-19-8-28-22(26)16-11-34-10-15(16)19/h2-8,12-13H,9-11H2,1H3,(H2,26,28)(H,30,32). The molecule has 10 nitrogen and oxygen atoms in total. The lowest BCUT2D eigenvalue weighted by atomic mass is 10.1. The van der Waals surface area contributed by atoms with Crippen LogP contribution in [0.3, 0.4) is 0 Å². The fourth-order valence-electron chi connectivity index (χ4n) is 4.03. The molecule has 4 aromatic rings. The highest BCUT2D eigenvalue weighted by atomic mass is 19.1. The van der Waals surface area contributed by atoms with E-state index in [9.17, 15) is 14.0 Å². The summed E-state index contributed by atoms with van der Waals surface area (Å²) < 4.78 is 25.3. The van der Waals surface area contributed by atoms with Crippen molar-refractivity contribution < 1.29 is 23.1 Å². The van der Waals surface area contributed by atoms with E-state index in [2.05, 4.69) is 20.3 Å². The van der Waals surface area contributed by atoms with Crippen LogP contribution < -0.4 is 11.1 Å². The fourth-order valence-corrected chi connectivity index (χ4v) is 4.03. The number of nitrogens with two attached hydrogens (primary N) is 1. The van der Waals surface area contributed by atoms with Crippen molar-refractivity contribution in [3.8, 4) is 0 Å². The maximum atomic E-state index is 14.5. The third-order valence-electron chi connectivity index (χ3n) is 5.93. The molecule has 1 aliphatic heterocycles. The van der Waals surface area contributed by atoms with Crippen molar-refractivity contribution in [3.63, 3.8) is 0 Å². The van der Waals surface area contributed by atoms with Crippen LogP contribution in [0.2, 0.25) is 0 Å². The van der Waals surface area contributed by atoms with Crippen molar-refractivity contribution in [2.75, 3.05) is 11.1 Å². The Labute approximate surface area is 198 Å². The number of hydrogen-bond donors (Lipinski definition) is 2. The molecule has 0 spiro atoms. The van der Waals surface area contributed by atoms with Gasteiger partial charge in [0.25, 0.3) is 0 Å². The van der Waals surface area contributed by atoms with Crippen LogP contribution in [-0.2, 0) is 34.1 Å². The van der Waals surface area contributed by atoms with Crippen LogP contribution in [0.15, 0.2) is 53.5 Å². The van der Waals surface area contributed by atoms with Crippen molar-refractivity contribution in [1.82, 2.24) is 19.9 Å². The number of carbonyl (C=O) groups is 2. The van der Waals surface area contributed by atoms with E-state index < -0.39 is 23.7 Å². The van der Waals surface area contributed by atoms with E-state index in [1.54, 1.807) is 25.1 Å². The summed E-state index contributed by atoms with van der Waals surface area (Å²) >= 11 is 0. The lowest BCUT2D eigenvalue weighted by molar-refractivity contribution is -0.145. The largest absolute Gasteiger partial charge is 0.443 e. The first-order chi connectivity index (χ1) is 16.9. The molecule has 4 heterocycles. The first-order valence-electron chi connectivity index (χ1n) is 10.8. The minimum atomic E-state index is -0.908. The van der Waals surface area contributed by atoms with Crippen molar-refractivity contribution in [2.24, 2.45) is 0 Å². The number of pyridine rings is 2. The predicted molar refractivity (Wildman–Crippen MR) is 123 cm³/mol. The summed E-state index contributed by atoms with van der Waals surface area (Å²) in [5.41, 5.74) is 9.46. The number of nitrogens with one attached hydrogen (secondary N) is 1. The molecule has 35 heavy (non-hydrogen) atoms. The van der Waals surface area contributed by atoms with Gasteiger partial charge in [-0.1, -0.05) is 6.07 Å². The summed E-state index contributed by atoms with van der Waals surface area (Å²) in [6, 6.07) is 7.09. The fraction of sp³-hybridized carbons (Fsp3) is 0.208. The molecule has 5 rings (SSSR count). The van der Waals surface area contributed by atoms with Gasteiger partial charge in [-0.25, -0.2) is 14.4 Å². The second-order valence-electron chi connectivity index (χ2n) is 8.10. The van der Waals surface area contributed by atoms with Crippen LogP contribution in [0.25, 0.3) is 11.1 Å². The number of ether oxygens (including phenoxy) is 1. The van der Waals surface area contributed by atoms with E-state index in [0.717, 1.165) is 0 Å². The summed E-state index contributed by atoms with van der Waals surface area (Å²) in [4.78, 5) is 40.0. The molecule has 3 aromatic heterocycles. The van der Waals surface area contributed by atoms with Crippen molar-refractivity contribution in [2.45, 2.75) is 32.7 Å². The number of benzene rings is 1. The lowest BCUT2D eigenvalue weighted by Crippen LogP contribution is -2.41. The van der Waals surface area contributed by atoms with Crippen LogP contribution in [0.4, 0.5) is 15.9 Å². The zero-order valence-corrected chi connectivity index (χ0v) is 18.7. The second kappa shape index (κ2) is 9.11. The van der Waals surface area contributed by atoms with E-state index in [1.807, 2.05) is 0 Å². The summed E-state index contributed by atoms with van der Waals surface area (Å²) in [6.45, 7) is 2.13. The second-order valence-corrected chi connectivity index (χ2v) is 8.10. The van der Waals surface area contributed by atoms with Gasteiger partial charge in [-0.15, -0.1) is 0 Å². The number of carbonyl (C=O) groups excluding carboxylic acids is 2. The molecule has 0 saturated heterocycles. The van der Waals surface area contributed by atoms with Crippen molar-refractivity contribution >= 4 is 34.4 Å². The Morgan fingerprint density at radius 3 is 2.86 bits per heavy atom. The molecule has 1 aliphatic rings. The minimum absolute atomic E-state index is 0.00127. The number of amides is 2. The van der Waals surface area contributed by atoms with E-state index in [1.165, 1.54) is 35.8 Å². The third kappa shape index (κ3) is 4.28. The molecule has 0 radical (unpaired) electrons. The molecule has 3 N–H and O–H groups in total. The SMILES string of the molecule is CC(c1ncccc1F)N(Cc1ccc2ncoc2c1)C(=O)C(=O)Nc1cnc(N)c2c1COC2. The zero-order chi connectivity index (χ0) is 24.5. The Balaban J connectivity index is 1.45. The maximum absolute atomic E-state index is 14.5. The molecule has 11 heteroatoms. The summed E-state index contributed by atoms with van der Waals surface area (Å²) in [5.74, 6) is -2.05. The van der Waals surface area contributed by atoms with Gasteiger partial charge in [-0.3, -0.25) is 14.6 Å². The Kier molecular flexibility index (Phi) is 5.83. The van der Waals surface area contributed by atoms with Crippen LogP contribution in [0, 0.1) is 5.82 Å². The number of hydrogen-bond acceptors (Lipinski definition) is 8. The van der Waals surface area contributed by atoms with Crippen LogP contribution in [0.5, 0.6) is 0 Å². The van der Waals surface area contributed by atoms with Crippen LogP contribution in [-0.4, -0.2) is 31.7 Å². The molecule has 0 bridgehead atoms. The monoisotopic (exact) mass is 476 g/mol. The topological polar surface area (TPSA) is 136 Å². The number of fused-ring (bicyclic) bond motifs is 2. The normalized spacial score (nSPS) is 13.4. The molecule has 1 aromatic carbocycles. The quantitative estimate of drug-likeness (QED) is 0.419. The highest BCUT2D eigenvalue weighted by Crippen LogP contribution is 2.30. The third-order valence-corrected chi connectivity index (χ3v) is 5.93. The Morgan fingerprint density at radius 1 is 1.20 bits per heavy atom. The van der Waals surface area contributed by atoms with Gasteiger partial charge in [0.2, 0.25) is 0 Å². The van der Waals surface area contributed by atoms with Crippen LogP contribution in [0.1, 0.15) is 35.3 Å². The average Bonchev–Trinajstić information content (AvgIpc) is 3.54. The van der Waals surface area contributed by atoms with Gasteiger partial charge in [0, 0.05) is 23.9 Å². The van der Waals surface area contributed by atoms with Crippen molar-refractivity contribution in [1.29, 1.82) is 0 Å². The van der Waals surface area contributed by atoms with Gasteiger partial charge in [-0.2, -0.15) is 0 Å². The maximum Gasteiger partial charge on any atom is 0.313 e. The highest BCUT2D eigenvalue weighted by Gasteiger charge is 2.31. The summed E-state index contributed by atoms with van der Waals surface area (Å²) in [6.07, 6.45) is 4.14. The van der Waals surface area contributed by atoms with Gasteiger partial charge in [0.1, 0.15) is 17.2 Å². The molecule has 1 atom stereocenters. The molecular formula is C24H21FN6O4. The first-order valence-corrected chi connectivity index (χ1v) is 10.8. The minimum Gasteiger partial charge on any atom is -0.443 e. The van der Waals surface area contributed by atoms with Crippen molar-refractivity contribution in [3.05, 3.63) is 77.3 Å². The molecule has 0 saturated carbocycles. The van der Waals surface area contributed by atoms with E-state index in [0.29, 0.717) is 39.3 Å². The lowest BCUT2D eigenvalue weighted by Gasteiger charge is -2.28. The predicted octanol–water partition coefficient (Wildman–Crippen LogP) is 3.10. The number of nitrogens with zero attached hydrogens (tertiary/aromatic N) is 4. The molecular weight excluding hydrogens is 455 g/mol. The van der Waals surface area contributed by atoms with E-state index >= 15 is 0 Å². The number of rotatable bonds is 5. The van der Waals surface area contributed by atoms with E-state index in [-0.39, 0.29) is 25.5 Å². The first kappa shape index (κ1) is 22.4. The number of anilines is 2. The van der Waals surface area contributed by atoms with Gasteiger partial charge in [-0.05, 0) is 36.8 Å². The van der Waals surface area contributed by atoms with Gasteiger partial charge >= 0.3 is 11.8 Å². The molecule has 2 amide bonds. The average molecular weight is 476 g/mol. The summed E-state index contributed by atoms with van der Waals surface area (Å²) in [5, 5.41) is 2.61. The number of aromatic nitrogens is 3. The summed E-state index contributed by atoms with van der Waals surface area (Å²) in [7, 11) is 0. The zero-order valence-electron chi connectivity index (χ0n) is 18.7. The molecule has 178 valence electrons. The van der Waals surface area contributed by atoms with Gasteiger partial charge in [0.05, 0.1) is 36.8 Å². The van der Waals surface area contributed by atoms with Gasteiger partial charge in [0.15, 0.2) is 12.0 Å². The number of oxazole rings is 1. The van der Waals surface area contributed by atoms with E-state index in [4.69, 9.17) is 14.9 Å². The van der Waals surface area contributed by atoms with Gasteiger partial charge < -0.3 is 25.1 Å². The molecule has 1 unspecified atom stereocenters. The number of halogens is 1. The van der Waals surface area contributed by atoms with Crippen LogP contribution >= 0.6 is 0 Å². The Morgan fingerprint density at radius 2 is 2.03 bits per heavy atom.